The Bertz CT molecular complexity index is 1270. The molecule has 2 saturated heterocycles. The molecule has 35 heavy (non-hydrogen) atoms. The molecule has 2 fully saturated rings. The molecule has 10 heteroatoms. The Balaban J connectivity index is 1.19. The summed E-state index contributed by atoms with van der Waals surface area (Å²) < 4.78 is 28.7. The molecule has 0 unspecified atom stereocenters. The Hall–Kier alpha value is -2.72. The number of aromatic nitrogens is 2. The zero-order chi connectivity index (χ0) is 24.2. The van der Waals surface area contributed by atoms with Crippen LogP contribution in [0.5, 0.6) is 0 Å². The Morgan fingerprint density at radius 3 is 2.23 bits per heavy atom. The molecule has 0 atom stereocenters. The van der Waals surface area contributed by atoms with Crippen molar-refractivity contribution in [3.63, 3.8) is 0 Å². The van der Waals surface area contributed by atoms with Crippen LogP contribution >= 0.6 is 0 Å². The fourth-order valence-electron chi connectivity index (χ4n) is 5.82. The molecule has 1 aromatic heterocycles. The van der Waals surface area contributed by atoms with Gasteiger partial charge in [-0.15, -0.1) is 0 Å². The van der Waals surface area contributed by atoms with Crippen LogP contribution in [0.2, 0.25) is 0 Å². The molecule has 4 aliphatic rings. The van der Waals surface area contributed by atoms with Crippen LogP contribution < -0.4 is 14.7 Å². The van der Waals surface area contributed by atoms with Gasteiger partial charge < -0.3 is 14.7 Å². The van der Waals surface area contributed by atoms with Crippen molar-refractivity contribution in [3.05, 3.63) is 35.0 Å². The summed E-state index contributed by atoms with van der Waals surface area (Å²) in [6.45, 7) is 6.65. The summed E-state index contributed by atoms with van der Waals surface area (Å²) in [7, 11) is -3.60. The number of hydrogen-bond donors (Lipinski definition) is 0. The highest BCUT2D eigenvalue weighted by Crippen LogP contribution is 2.39. The minimum Gasteiger partial charge on any atom is -0.354 e. The topological polar surface area (TPSA) is 90.0 Å². The molecule has 0 saturated carbocycles. The summed E-state index contributed by atoms with van der Waals surface area (Å²) in [5, 5.41) is 0. The second kappa shape index (κ2) is 8.74. The van der Waals surface area contributed by atoms with Crippen LogP contribution in [0.3, 0.4) is 0 Å². The van der Waals surface area contributed by atoms with E-state index < -0.39 is 10.0 Å². The van der Waals surface area contributed by atoms with E-state index in [0.717, 1.165) is 53.8 Å². The van der Waals surface area contributed by atoms with Crippen molar-refractivity contribution >= 4 is 33.4 Å². The van der Waals surface area contributed by atoms with E-state index in [2.05, 4.69) is 14.8 Å². The molecule has 4 aliphatic heterocycles. The molecule has 2 aromatic rings. The van der Waals surface area contributed by atoms with Crippen LogP contribution in [0.4, 0.5) is 17.5 Å². The Kier molecular flexibility index (Phi) is 5.68. The number of nitrogens with zero attached hydrogens (tertiary/aromatic N) is 6. The first-order chi connectivity index (χ1) is 16.9. The summed E-state index contributed by atoms with van der Waals surface area (Å²) >= 11 is 0. The number of benzene rings is 1. The highest BCUT2D eigenvalue weighted by Gasteiger charge is 2.35. The van der Waals surface area contributed by atoms with Gasteiger partial charge in [-0.05, 0) is 62.3 Å². The lowest BCUT2D eigenvalue weighted by Gasteiger charge is -2.35. The number of amides is 1. The SMILES string of the molecule is Cc1cc(N2CCN(S(=O)(=O)c3cc4c5c(c3)CCN5C(=O)CC4)CC2)nc(N2CCCCC2)n1. The van der Waals surface area contributed by atoms with E-state index in [-0.39, 0.29) is 5.91 Å². The van der Waals surface area contributed by atoms with Crippen molar-refractivity contribution in [3.8, 4) is 0 Å². The lowest BCUT2D eigenvalue weighted by molar-refractivity contribution is -0.118. The maximum absolute atomic E-state index is 13.6. The van der Waals surface area contributed by atoms with Gasteiger partial charge in [0, 0.05) is 64.0 Å². The van der Waals surface area contributed by atoms with Gasteiger partial charge in [-0.25, -0.2) is 13.4 Å². The predicted octanol–water partition coefficient (Wildman–Crippen LogP) is 2.12. The predicted molar refractivity (Wildman–Crippen MR) is 135 cm³/mol. The van der Waals surface area contributed by atoms with Crippen molar-refractivity contribution in [2.75, 3.05) is 60.5 Å². The van der Waals surface area contributed by atoms with Crippen LogP contribution in [0.15, 0.2) is 23.1 Å². The molecule has 186 valence electrons. The van der Waals surface area contributed by atoms with Crippen molar-refractivity contribution < 1.29 is 13.2 Å². The number of rotatable bonds is 4. The van der Waals surface area contributed by atoms with E-state index in [9.17, 15) is 13.2 Å². The molecule has 1 aromatic carbocycles. The third kappa shape index (κ3) is 4.06. The van der Waals surface area contributed by atoms with Crippen molar-refractivity contribution in [1.29, 1.82) is 0 Å². The summed E-state index contributed by atoms with van der Waals surface area (Å²) in [5.41, 5.74) is 3.85. The van der Waals surface area contributed by atoms with Gasteiger partial charge in [0.1, 0.15) is 5.82 Å². The second-order valence-corrected chi connectivity index (χ2v) is 11.9. The summed E-state index contributed by atoms with van der Waals surface area (Å²) in [6, 6.07) is 5.58. The van der Waals surface area contributed by atoms with Gasteiger partial charge in [0.15, 0.2) is 0 Å². The average molecular weight is 497 g/mol. The van der Waals surface area contributed by atoms with Gasteiger partial charge >= 0.3 is 0 Å². The minimum absolute atomic E-state index is 0.145. The molecule has 1 amide bonds. The fourth-order valence-corrected chi connectivity index (χ4v) is 7.34. The number of hydrogen-bond acceptors (Lipinski definition) is 7. The van der Waals surface area contributed by atoms with E-state index in [0.29, 0.717) is 50.5 Å². The molecule has 5 heterocycles. The van der Waals surface area contributed by atoms with Crippen molar-refractivity contribution in [2.45, 2.75) is 50.3 Å². The van der Waals surface area contributed by atoms with Gasteiger partial charge in [-0.3, -0.25) is 4.79 Å². The summed E-state index contributed by atoms with van der Waals surface area (Å²) in [5.74, 6) is 1.81. The first-order valence-electron chi connectivity index (χ1n) is 12.7. The monoisotopic (exact) mass is 496 g/mol. The zero-order valence-electron chi connectivity index (χ0n) is 20.2. The first-order valence-corrected chi connectivity index (χ1v) is 14.2. The van der Waals surface area contributed by atoms with Crippen LogP contribution in [-0.4, -0.2) is 74.4 Å². The van der Waals surface area contributed by atoms with Crippen LogP contribution in [0.25, 0.3) is 0 Å². The Morgan fingerprint density at radius 2 is 1.49 bits per heavy atom. The van der Waals surface area contributed by atoms with Crippen molar-refractivity contribution in [1.82, 2.24) is 14.3 Å². The molecule has 0 spiro atoms. The maximum atomic E-state index is 13.6. The molecule has 9 nitrogen and oxygen atoms in total. The van der Waals surface area contributed by atoms with Crippen LogP contribution in [0.1, 0.15) is 42.5 Å². The van der Waals surface area contributed by atoms with Gasteiger partial charge in [-0.1, -0.05) is 0 Å². The third-order valence-electron chi connectivity index (χ3n) is 7.69. The van der Waals surface area contributed by atoms with E-state index in [1.165, 1.54) is 19.3 Å². The standard InChI is InChI=1S/C25H32N6O3S/c1-18-15-22(27-25(26-18)29-8-3-2-4-9-29)28-11-13-30(14-12-28)35(33,34)21-16-19-5-6-23(32)31-10-7-20(17-21)24(19)31/h15-17H,2-14H2,1H3. The fraction of sp³-hybridized carbons (Fsp3) is 0.560. The van der Waals surface area contributed by atoms with E-state index in [4.69, 9.17) is 4.98 Å². The maximum Gasteiger partial charge on any atom is 0.243 e. The summed E-state index contributed by atoms with van der Waals surface area (Å²) in [4.78, 5) is 28.3. The minimum atomic E-state index is -3.60. The molecule has 0 radical (unpaired) electrons. The van der Waals surface area contributed by atoms with Crippen LogP contribution in [-0.2, 0) is 27.7 Å². The highest BCUT2D eigenvalue weighted by atomic mass is 32.2. The highest BCUT2D eigenvalue weighted by molar-refractivity contribution is 7.89. The van der Waals surface area contributed by atoms with E-state index in [1.54, 1.807) is 16.4 Å². The lowest BCUT2D eigenvalue weighted by Crippen LogP contribution is -2.49. The van der Waals surface area contributed by atoms with Gasteiger partial charge in [0.2, 0.25) is 21.9 Å². The molecule has 0 aliphatic carbocycles. The van der Waals surface area contributed by atoms with Gasteiger partial charge in [-0.2, -0.15) is 9.29 Å². The molecule has 0 N–H and O–H groups in total. The molecular weight excluding hydrogens is 464 g/mol. The third-order valence-corrected chi connectivity index (χ3v) is 9.57. The van der Waals surface area contributed by atoms with Crippen molar-refractivity contribution in [2.24, 2.45) is 0 Å². The number of carbonyl (C=O) groups excluding carboxylic acids is 1. The number of anilines is 3. The first kappa shape index (κ1) is 22.7. The Morgan fingerprint density at radius 1 is 0.771 bits per heavy atom. The average Bonchev–Trinajstić information content (AvgIpc) is 3.32. The quantitative estimate of drug-likeness (QED) is 0.641. The number of sulfonamides is 1. The van der Waals surface area contributed by atoms with E-state index in [1.807, 2.05) is 17.9 Å². The largest absolute Gasteiger partial charge is 0.354 e. The second-order valence-electron chi connectivity index (χ2n) is 9.99. The normalized spacial score (nSPS) is 20.9. The molecule has 6 rings (SSSR count). The zero-order valence-corrected chi connectivity index (χ0v) is 21.1. The molecule has 0 bridgehead atoms. The van der Waals surface area contributed by atoms with Gasteiger partial charge in [0.05, 0.1) is 10.6 Å². The lowest BCUT2D eigenvalue weighted by atomic mass is 10.00. The van der Waals surface area contributed by atoms with Crippen LogP contribution in [0, 0.1) is 6.92 Å². The number of piperidine rings is 1. The number of piperazine rings is 1. The molecular formula is C25H32N6O3S. The Labute approximate surface area is 206 Å². The van der Waals surface area contributed by atoms with E-state index >= 15 is 0 Å². The summed E-state index contributed by atoms with van der Waals surface area (Å²) in [6.07, 6.45) is 5.38. The number of carbonyl (C=O) groups is 1. The number of aryl methyl sites for hydroxylation is 2. The smallest absolute Gasteiger partial charge is 0.243 e. The van der Waals surface area contributed by atoms with Gasteiger partial charge in [0.25, 0.3) is 0 Å².